The first-order valence-corrected chi connectivity index (χ1v) is 10.6. The molecule has 140 valence electrons. The minimum atomic E-state index is -3.77. The monoisotopic (exact) mass is 397 g/mol. The van der Waals surface area contributed by atoms with Crippen LogP contribution in [0.3, 0.4) is 0 Å². The fourth-order valence-electron chi connectivity index (χ4n) is 2.16. The van der Waals surface area contributed by atoms with Gasteiger partial charge in [-0.2, -0.15) is 0 Å². The number of carbonyl (C=O) groups is 1. The first kappa shape index (κ1) is 20.0. The maximum Gasteiger partial charge on any atom is 0.240 e. The van der Waals surface area contributed by atoms with E-state index in [4.69, 9.17) is 5.14 Å². The minimum Gasteiger partial charge on any atom is -0.326 e. The number of nitrogens with one attached hydrogen (secondary N) is 2. The summed E-state index contributed by atoms with van der Waals surface area (Å²) in [5.41, 5.74) is 1.28. The molecule has 0 atom stereocenters. The molecule has 1 amide bonds. The molecule has 0 aliphatic carbocycles. The van der Waals surface area contributed by atoms with Crippen molar-refractivity contribution in [3.63, 3.8) is 0 Å². The van der Waals surface area contributed by atoms with Crippen molar-refractivity contribution in [1.82, 2.24) is 4.72 Å². The number of carbonyl (C=O) groups excluding carboxylic acids is 1. The molecule has 0 aliphatic rings. The van der Waals surface area contributed by atoms with E-state index in [-0.39, 0.29) is 22.1 Å². The number of anilines is 1. The molecular weight excluding hydrogens is 378 g/mol. The molecular formula is C16H19N3O5S2. The molecule has 0 fully saturated rings. The highest BCUT2D eigenvalue weighted by atomic mass is 32.2. The second kappa shape index (κ2) is 7.96. The lowest BCUT2D eigenvalue weighted by Gasteiger charge is -2.07. The van der Waals surface area contributed by atoms with Crippen LogP contribution in [0.5, 0.6) is 0 Å². The van der Waals surface area contributed by atoms with Gasteiger partial charge in [-0.1, -0.05) is 12.1 Å². The van der Waals surface area contributed by atoms with Gasteiger partial charge < -0.3 is 5.32 Å². The summed E-state index contributed by atoms with van der Waals surface area (Å²) in [4.78, 5) is 12.1. The number of sulfonamides is 2. The Hall–Kier alpha value is -2.27. The molecule has 10 heteroatoms. The Labute approximate surface area is 152 Å². The van der Waals surface area contributed by atoms with Gasteiger partial charge in [-0.25, -0.2) is 26.7 Å². The Morgan fingerprint density at radius 2 is 1.46 bits per heavy atom. The van der Waals surface area contributed by atoms with E-state index >= 15 is 0 Å². The maximum absolute atomic E-state index is 12.0. The van der Waals surface area contributed by atoms with E-state index in [1.807, 2.05) is 0 Å². The highest BCUT2D eigenvalue weighted by Gasteiger charge is 2.11. The summed E-state index contributed by atoms with van der Waals surface area (Å²) in [7, 11) is -5.92. The first-order valence-electron chi connectivity index (χ1n) is 7.57. The summed E-state index contributed by atoms with van der Waals surface area (Å²) in [5, 5.41) is 7.66. The van der Waals surface area contributed by atoms with Crippen LogP contribution < -0.4 is 15.2 Å². The van der Waals surface area contributed by atoms with Gasteiger partial charge in [-0.15, -0.1) is 0 Å². The lowest BCUT2D eigenvalue weighted by atomic mass is 10.1. The van der Waals surface area contributed by atoms with Crippen LogP contribution in [-0.4, -0.2) is 29.8 Å². The first-order chi connectivity index (χ1) is 12.1. The molecule has 4 N–H and O–H groups in total. The van der Waals surface area contributed by atoms with Gasteiger partial charge >= 0.3 is 0 Å². The fourth-order valence-corrected chi connectivity index (χ4v) is 3.41. The highest BCUT2D eigenvalue weighted by molar-refractivity contribution is 7.89. The third-order valence-electron chi connectivity index (χ3n) is 3.61. The van der Waals surface area contributed by atoms with Gasteiger partial charge in [0.05, 0.1) is 9.79 Å². The lowest BCUT2D eigenvalue weighted by Crippen LogP contribution is -2.18. The zero-order valence-electron chi connectivity index (χ0n) is 14.0. The second-order valence-electron chi connectivity index (χ2n) is 5.47. The largest absolute Gasteiger partial charge is 0.326 e. The van der Waals surface area contributed by atoms with E-state index in [0.29, 0.717) is 12.1 Å². The number of hydrogen-bond acceptors (Lipinski definition) is 5. The number of primary sulfonamides is 1. The van der Waals surface area contributed by atoms with E-state index in [1.165, 1.54) is 43.4 Å². The van der Waals surface area contributed by atoms with E-state index in [1.54, 1.807) is 12.1 Å². The number of aryl methyl sites for hydroxylation is 1. The highest BCUT2D eigenvalue weighted by Crippen LogP contribution is 2.14. The second-order valence-corrected chi connectivity index (χ2v) is 8.92. The zero-order valence-corrected chi connectivity index (χ0v) is 15.6. The van der Waals surface area contributed by atoms with Gasteiger partial charge in [0, 0.05) is 12.1 Å². The smallest absolute Gasteiger partial charge is 0.240 e. The molecule has 0 heterocycles. The fraction of sp³-hybridized carbons (Fsp3) is 0.188. The Morgan fingerprint density at radius 3 is 1.96 bits per heavy atom. The molecule has 2 aromatic rings. The van der Waals surface area contributed by atoms with E-state index in [9.17, 15) is 21.6 Å². The van der Waals surface area contributed by atoms with Crippen LogP contribution in [0, 0.1) is 0 Å². The average Bonchev–Trinajstić information content (AvgIpc) is 2.60. The van der Waals surface area contributed by atoms with Crippen molar-refractivity contribution in [3.05, 3.63) is 54.1 Å². The van der Waals surface area contributed by atoms with Gasteiger partial charge in [0.15, 0.2) is 0 Å². The molecule has 0 aromatic heterocycles. The third-order valence-corrected chi connectivity index (χ3v) is 5.97. The Kier molecular flexibility index (Phi) is 6.13. The molecule has 0 saturated heterocycles. The summed E-state index contributed by atoms with van der Waals surface area (Å²) >= 11 is 0. The van der Waals surface area contributed by atoms with E-state index < -0.39 is 20.0 Å². The zero-order chi connectivity index (χ0) is 19.4. The SMILES string of the molecule is CNS(=O)(=O)c1ccc(CCC(=O)Nc2ccc(S(N)(=O)=O)cc2)cc1. The molecule has 26 heavy (non-hydrogen) atoms. The standard InChI is InChI=1S/C16H19N3O5S2/c1-18-26(23,24)15-7-2-12(3-8-15)4-11-16(20)19-13-5-9-14(10-6-13)25(17,21)22/h2-3,5-10,18H,4,11H2,1H3,(H,19,20)(H2,17,21,22). The van der Waals surface area contributed by atoms with Crippen LogP contribution in [0.15, 0.2) is 58.3 Å². The maximum atomic E-state index is 12.0. The van der Waals surface area contributed by atoms with Crippen LogP contribution >= 0.6 is 0 Å². The van der Waals surface area contributed by atoms with Crippen molar-refractivity contribution in [2.45, 2.75) is 22.6 Å². The summed E-state index contributed by atoms with van der Waals surface area (Å²) in [6.45, 7) is 0. The summed E-state index contributed by atoms with van der Waals surface area (Å²) in [5.74, 6) is -0.250. The number of nitrogens with two attached hydrogens (primary N) is 1. The van der Waals surface area contributed by atoms with Crippen molar-refractivity contribution in [1.29, 1.82) is 0 Å². The lowest BCUT2D eigenvalue weighted by molar-refractivity contribution is -0.116. The molecule has 2 rings (SSSR count). The van der Waals surface area contributed by atoms with Gasteiger partial charge in [0.25, 0.3) is 0 Å². The van der Waals surface area contributed by atoms with E-state index in [2.05, 4.69) is 10.0 Å². The predicted molar refractivity (Wildman–Crippen MR) is 97.5 cm³/mol. The van der Waals surface area contributed by atoms with Gasteiger partial charge in [-0.3, -0.25) is 4.79 Å². The van der Waals surface area contributed by atoms with Crippen molar-refractivity contribution < 1.29 is 21.6 Å². The van der Waals surface area contributed by atoms with Gasteiger partial charge in [-0.05, 0) is 55.4 Å². The minimum absolute atomic E-state index is 0.0351. The van der Waals surface area contributed by atoms with Crippen molar-refractivity contribution >= 4 is 31.6 Å². The molecule has 8 nitrogen and oxygen atoms in total. The Morgan fingerprint density at radius 1 is 0.923 bits per heavy atom. The molecule has 0 unspecified atom stereocenters. The van der Waals surface area contributed by atoms with E-state index in [0.717, 1.165) is 5.56 Å². The average molecular weight is 397 g/mol. The Bertz CT molecular complexity index is 983. The Balaban J connectivity index is 1.93. The van der Waals surface area contributed by atoms with Gasteiger partial charge in [0.2, 0.25) is 26.0 Å². The van der Waals surface area contributed by atoms with Crippen molar-refractivity contribution in [2.24, 2.45) is 5.14 Å². The molecule has 0 bridgehead atoms. The quantitative estimate of drug-likeness (QED) is 0.635. The number of hydrogen-bond donors (Lipinski definition) is 3. The molecule has 0 aliphatic heterocycles. The summed E-state index contributed by atoms with van der Waals surface area (Å²) in [6, 6.07) is 11.8. The third kappa shape index (κ3) is 5.36. The number of rotatable bonds is 7. The molecule has 2 aromatic carbocycles. The van der Waals surface area contributed by atoms with Crippen molar-refractivity contribution in [2.75, 3.05) is 12.4 Å². The van der Waals surface area contributed by atoms with Gasteiger partial charge in [0.1, 0.15) is 0 Å². The van der Waals surface area contributed by atoms with Crippen molar-refractivity contribution in [3.8, 4) is 0 Å². The number of amides is 1. The van der Waals surface area contributed by atoms with Crippen LogP contribution in [0.25, 0.3) is 0 Å². The number of benzene rings is 2. The van der Waals surface area contributed by atoms with Crippen LogP contribution in [0.1, 0.15) is 12.0 Å². The molecule has 0 radical (unpaired) electrons. The summed E-state index contributed by atoms with van der Waals surface area (Å²) in [6.07, 6.45) is 0.621. The van der Waals surface area contributed by atoms with Crippen LogP contribution in [-0.2, 0) is 31.3 Å². The molecule has 0 saturated carbocycles. The topological polar surface area (TPSA) is 135 Å². The van der Waals surface area contributed by atoms with Crippen LogP contribution in [0.4, 0.5) is 5.69 Å². The molecule has 0 spiro atoms. The van der Waals surface area contributed by atoms with Crippen LogP contribution in [0.2, 0.25) is 0 Å². The predicted octanol–water partition coefficient (Wildman–Crippen LogP) is 0.813. The summed E-state index contributed by atoms with van der Waals surface area (Å²) < 4.78 is 47.9. The normalized spacial score (nSPS) is 11.9.